The number of esters is 1. The van der Waals surface area contributed by atoms with E-state index in [1.54, 1.807) is 11.8 Å². The van der Waals surface area contributed by atoms with Gasteiger partial charge in [0.15, 0.2) is 5.71 Å². The SMILES string of the molecule is COC(=O)C1CN1/C(C)=N/N=C1\C(=O)Nc2ccccc21. The van der Waals surface area contributed by atoms with Crippen LogP contribution in [0, 0.1) is 0 Å². The third kappa shape index (κ3) is 2.37. The van der Waals surface area contributed by atoms with Crippen molar-refractivity contribution in [2.75, 3.05) is 19.0 Å². The molecule has 1 N–H and O–H groups in total. The molecule has 0 radical (unpaired) electrons. The first-order valence-electron chi connectivity index (χ1n) is 6.49. The Balaban J connectivity index is 1.79. The van der Waals surface area contributed by atoms with Gasteiger partial charge in [-0.05, 0) is 13.0 Å². The van der Waals surface area contributed by atoms with E-state index in [9.17, 15) is 9.59 Å². The number of ether oxygens (including phenoxy) is 1. The first kappa shape index (κ1) is 13.3. The summed E-state index contributed by atoms with van der Waals surface area (Å²) < 4.78 is 4.66. The number of fused-ring (bicyclic) bond motifs is 1. The fourth-order valence-corrected chi connectivity index (χ4v) is 2.22. The Kier molecular flexibility index (Phi) is 3.17. The molecule has 7 heteroatoms. The van der Waals surface area contributed by atoms with E-state index in [1.165, 1.54) is 7.11 Å². The van der Waals surface area contributed by atoms with Crippen LogP contribution in [0.3, 0.4) is 0 Å². The largest absolute Gasteiger partial charge is 0.467 e. The number of nitrogens with zero attached hydrogens (tertiary/aromatic N) is 3. The Morgan fingerprint density at radius 2 is 2.19 bits per heavy atom. The van der Waals surface area contributed by atoms with Crippen LogP contribution in [0.4, 0.5) is 5.69 Å². The molecule has 21 heavy (non-hydrogen) atoms. The van der Waals surface area contributed by atoms with Gasteiger partial charge < -0.3 is 15.0 Å². The van der Waals surface area contributed by atoms with Crippen LogP contribution in [0.25, 0.3) is 0 Å². The van der Waals surface area contributed by atoms with Crippen LogP contribution >= 0.6 is 0 Å². The van der Waals surface area contributed by atoms with Crippen molar-refractivity contribution in [1.82, 2.24) is 4.90 Å². The molecular weight excluding hydrogens is 272 g/mol. The number of anilines is 1. The number of para-hydroxylation sites is 1. The van der Waals surface area contributed by atoms with Gasteiger partial charge in [-0.25, -0.2) is 4.79 Å². The van der Waals surface area contributed by atoms with Crippen LogP contribution < -0.4 is 5.32 Å². The number of hydrogen-bond donors (Lipinski definition) is 1. The van der Waals surface area contributed by atoms with Gasteiger partial charge in [0.1, 0.15) is 11.9 Å². The molecular formula is C14H14N4O3. The third-order valence-electron chi connectivity index (χ3n) is 3.44. The molecule has 0 saturated carbocycles. The minimum absolute atomic E-state index is 0.275. The number of benzene rings is 1. The fraction of sp³-hybridized carbons (Fsp3) is 0.286. The zero-order chi connectivity index (χ0) is 15.0. The highest BCUT2D eigenvalue weighted by molar-refractivity contribution is 6.53. The second-order valence-corrected chi connectivity index (χ2v) is 4.79. The minimum Gasteiger partial charge on any atom is -0.467 e. The Morgan fingerprint density at radius 3 is 2.95 bits per heavy atom. The first-order chi connectivity index (χ1) is 10.1. The Bertz CT molecular complexity index is 681. The minimum atomic E-state index is -0.291. The Hall–Kier alpha value is -2.70. The molecule has 0 aliphatic carbocycles. The van der Waals surface area contributed by atoms with Gasteiger partial charge in [-0.15, -0.1) is 10.2 Å². The summed E-state index contributed by atoms with van der Waals surface area (Å²) in [5.74, 6) is 0.0132. The van der Waals surface area contributed by atoms with Crippen molar-refractivity contribution in [3.05, 3.63) is 29.8 Å². The van der Waals surface area contributed by atoms with E-state index >= 15 is 0 Å². The van der Waals surface area contributed by atoms with Crippen LogP contribution in [0.2, 0.25) is 0 Å². The average molecular weight is 286 g/mol. The van der Waals surface area contributed by atoms with Crippen LogP contribution in [0.1, 0.15) is 12.5 Å². The van der Waals surface area contributed by atoms with Crippen molar-refractivity contribution in [1.29, 1.82) is 0 Å². The molecule has 2 aliphatic rings. The molecule has 2 heterocycles. The van der Waals surface area contributed by atoms with E-state index < -0.39 is 0 Å². The van der Waals surface area contributed by atoms with Gasteiger partial charge in [0.25, 0.3) is 5.91 Å². The average Bonchev–Trinajstić information content (AvgIpc) is 3.22. The molecule has 1 amide bonds. The summed E-state index contributed by atoms with van der Waals surface area (Å²) in [6, 6.07) is 7.01. The van der Waals surface area contributed by atoms with E-state index in [-0.39, 0.29) is 23.6 Å². The lowest BCUT2D eigenvalue weighted by atomic mass is 10.1. The molecule has 0 spiro atoms. The zero-order valence-electron chi connectivity index (χ0n) is 11.7. The molecule has 0 aromatic heterocycles. The molecule has 1 aromatic rings. The lowest BCUT2D eigenvalue weighted by Crippen LogP contribution is -2.18. The van der Waals surface area contributed by atoms with E-state index in [1.807, 2.05) is 24.3 Å². The standard InChI is InChI=1S/C14H14N4O3/c1-8(18-7-11(18)14(20)21-2)16-17-12-9-5-3-4-6-10(9)15-13(12)19/h3-6,11H,7H2,1-2H3,(H,15,17,19)/b16-8+. The van der Waals surface area contributed by atoms with Crippen molar-refractivity contribution >= 4 is 29.1 Å². The van der Waals surface area contributed by atoms with Crippen molar-refractivity contribution in [3.8, 4) is 0 Å². The van der Waals surface area contributed by atoms with E-state index in [0.717, 1.165) is 11.3 Å². The highest BCUT2D eigenvalue weighted by atomic mass is 16.5. The number of hydrogen-bond acceptors (Lipinski definition) is 5. The molecule has 108 valence electrons. The topological polar surface area (TPSA) is 83.1 Å². The molecule has 1 aromatic carbocycles. The summed E-state index contributed by atoms with van der Waals surface area (Å²) >= 11 is 0. The summed E-state index contributed by atoms with van der Waals surface area (Å²) in [7, 11) is 1.35. The molecule has 1 fully saturated rings. The van der Waals surface area contributed by atoms with E-state index in [4.69, 9.17) is 0 Å². The third-order valence-corrected chi connectivity index (χ3v) is 3.44. The van der Waals surface area contributed by atoms with Gasteiger partial charge in [-0.2, -0.15) is 0 Å². The molecule has 2 aliphatic heterocycles. The van der Waals surface area contributed by atoms with Gasteiger partial charge >= 0.3 is 5.97 Å². The van der Waals surface area contributed by atoms with Gasteiger partial charge in [-0.1, -0.05) is 18.2 Å². The molecule has 1 atom stereocenters. The van der Waals surface area contributed by atoms with Gasteiger partial charge in [0.05, 0.1) is 19.3 Å². The number of amides is 1. The summed E-state index contributed by atoms with van der Waals surface area (Å²) in [5, 5.41) is 10.8. The summed E-state index contributed by atoms with van der Waals surface area (Å²) in [4.78, 5) is 25.0. The fourth-order valence-electron chi connectivity index (χ4n) is 2.22. The summed E-state index contributed by atoms with van der Waals surface area (Å²) in [5.41, 5.74) is 1.74. The van der Waals surface area contributed by atoms with Crippen molar-refractivity contribution < 1.29 is 14.3 Å². The maximum atomic E-state index is 11.8. The molecule has 3 rings (SSSR count). The van der Waals surface area contributed by atoms with Crippen LogP contribution in [0.15, 0.2) is 34.5 Å². The van der Waals surface area contributed by atoms with Gasteiger partial charge in [-0.3, -0.25) is 4.79 Å². The van der Waals surface area contributed by atoms with Crippen LogP contribution in [-0.2, 0) is 14.3 Å². The summed E-state index contributed by atoms with van der Waals surface area (Å²) in [6.45, 7) is 2.31. The number of carbonyl (C=O) groups is 2. The highest BCUT2D eigenvalue weighted by Crippen LogP contribution is 2.23. The Morgan fingerprint density at radius 1 is 1.43 bits per heavy atom. The number of rotatable bonds is 2. The maximum Gasteiger partial charge on any atom is 0.330 e. The number of nitrogens with one attached hydrogen (secondary N) is 1. The van der Waals surface area contributed by atoms with E-state index in [2.05, 4.69) is 20.3 Å². The highest BCUT2D eigenvalue weighted by Gasteiger charge is 2.42. The quantitative estimate of drug-likeness (QED) is 0.284. The Labute approximate surface area is 121 Å². The second kappa shape index (κ2) is 5.01. The van der Waals surface area contributed by atoms with Crippen LogP contribution in [-0.4, -0.2) is 48.0 Å². The number of amidine groups is 1. The lowest BCUT2D eigenvalue weighted by Gasteiger charge is -2.01. The van der Waals surface area contributed by atoms with E-state index in [0.29, 0.717) is 12.4 Å². The molecule has 7 nitrogen and oxygen atoms in total. The van der Waals surface area contributed by atoms with Crippen molar-refractivity contribution in [3.63, 3.8) is 0 Å². The normalized spacial score (nSPS) is 22.1. The van der Waals surface area contributed by atoms with Gasteiger partial charge in [0.2, 0.25) is 0 Å². The lowest BCUT2D eigenvalue weighted by molar-refractivity contribution is -0.140. The zero-order valence-corrected chi connectivity index (χ0v) is 11.7. The second-order valence-electron chi connectivity index (χ2n) is 4.79. The van der Waals surface area contributed by atoms with Crippen molar-refractivity contribution in [2.45, 2.75) is 13.0 Å². The number of methoxy groups -OCH3 is 1. The van der Waals surface area contributed by atoms with Crippen molar-refractivity contribution in [2.24, 2.45) is 10.2 Å². The predicted molar refractivity (Wildman–Crippen MR) is 77.2 cm³/mol. The predicted octanol–water partition coefficient (Wildman–Crippen LogP) is 0.618. The monoisotopic (exact) mass is 286 g/mol. The van der Waals surface area contributed by atoms with Crippen LogP contribution in [0.5, 0.6) is 0 Å². The maximum absolute atomic E-state index is 11.8. The molecule has 1 saturated heterocycles. The van der Waals surface area contributed by atoms with Gasteiger partial charge in [0, 0.05) is 5.56 Å². The first-order valence-corrected chi connectivity index (χ1v) is 6.49. The number of carbonyl (C=O) groups excluding carboxylic acids is 2. The molecule has 0 bridgehead atoms. The smallest absolute Gasteiger partial charge is 0.330 e. The molecule has 1 unspecified atom stereocenters. The summed E-state index contributed by atoms with van der Waals surface area (Å²) in [6.07, 6.45) is 0.